The Labute approximate surface area is 107 Å². The van der Waals surface area contributed by atoms with E-state index in [-0.39, 0.29) is 0 Å². The normalized spacial score (nSPS) is 18.0. The molecule has 0 spiro atoms. The summed E-state index contributed by atoms with van der Waals surface area (Å²) in [5, 5.41) is 8.75. The Morgan fingerprint density at radius 2 is 2.17 bits per heavy atom. The highest BCUT2D eigenvalue weighted by Gasteiger charge is 2.10. The van der Waals surface area contributed by atoms with Crippen LogP contribution in [0.5, 0.6) is 0 Å². The van der Waals surface area contributed by atoms with Gasteiger partial charge in [-0.15, -0.1) is 0 Å². The first kappa shape index (κ1) is 11.7. The van der Waals surface area contributed by atoms with Gasteiger partial charge in [-0.25, -0.2) is 0 Å². The van der Waals surface area contributed by atoms with Crippen LogP contribution in [0, 0.1) is 0 Å². The lowest BCUT2D eigenvalue weighted by molar-refractivity contribution is 0.141. The minimum absolute atomic E-state index is 0.865. The number of para-hydroxylation sites is 1. The Kier molecular flexibility index (Phi) is 3.57. The molecule has 2 heterocycles. The topological polar surface area (TPSA) is 41.1 Å². The number of fused-ring (bicyclic) bond motifs is 1. The van der Waals surface area contributed by atoms with Crippen LogP contribution in [0.15, 0.2) is 24.3 Å². The first-order valence-corrected chi connectivity index (χ1v) is 6.65. The number of hydrogen-bond donors (Lipinski definition) is 1. The molecule has 0 unspecified atom stereocenters. The van der Waals surface area contributed by atoms with Crippen molar-refractivity contribution >= 4 is 10.9 Å². The first-order valence-electron chi connectivity index (χ1n) is 6.65. The molecule has 0 saturated carbocycles. The van der Waals surface area contributed by atoms with Crippen LogP contribution in [0.1, 0.15) is 12.1 Å². The maximum Gasteiger partial charge on any atom is 0.0923 e. The van der Waals surface area contributed by atoms with Gasteiger partial charge < -0.3 is 9.64 Å². The van der Waals surface area contributed by atoms with E-state index in [1.54, 1.807) is 0 Å². The zero-order valence-electron chi connectivity index (χ0n) is 10.6. The zero-order chi connectivity index (χ0) is 12.2. The van der Waals surface area contributed by atoms with Gasteiger partial charge in [-0.3, -0.25) is 5.10 Å². The number of rotatable bonds is 3. The summed E-state index contributed by atoms with van der Waals surface area (Å²) in [6.07, 6.45) is 2.17. The van der Waals surface area contributed by atoms with E-state index in [4.69, 9.17) is 4.74 Å². The summed E-state index contributed by atoms with van der Waals surface area (Å²) in [7, 11) is 0. The van der Waals surface area contributed by atoms with Crippen molar-refractivity contribution in [3.8, 4) is 0 Å². The number of nitrogens with one attached hydrogen (secondary N) is 1. The van der Waals surface area contributed by atoms with Gasteiger partial charge in [-0.1, -0.05) is 18.2 Å². The zero-order valence-corrected chi connectivity index (χ0v) is 10.6. The molecule has 0 amide bonds. The lowest BCUT2D eigenvalue weighted by Gasteiger charge is -2.18. The Bertz CT molecular complexity index is 500. The van der Waals surface area contributed by atoms with Crippen molar-refractivity contribution in [3.05, 3.63) is 30.0 Å². The van der Waals surface area contributed by atoms with Gasteiger partial charge in [-0.05, 0) is 12.5 Å². The monoisotopic (exact) mass is 245 g/mol. The van der Waals surface area contributed by atoms with Gasteiger partial charge in [0.1, 0.15) is 0 Å². The molecule has 18 heavy (non-hydrogen) atoms. The molecule has 1 saturated heterocycles. The molecule has 0 bridgehead atoms. The van der Waals surface area contributed by atoms with Crippen molar-refractivity contribution in [2.45, 2.75) is 12.8 Å². The molecule has 1 aromatic carbocycles. The molecule has 4 nitrogen and oxygen atoms in total. The average molecular weight is 245 g/mol. The van der Waals surface area contributed by atoms with E-state index >= 15 is 0 Å². The van der Waals surface area contributed by atoms with E-state index in [2.05, 4.69) is 33.3 Å². The van der Waals surface area contributed by atoms with E-state index in [1.165, 1.54) is 11.1 Å². The molecule has 1 aromatic heterocycles. The third-order valence-corrected chi connectivity index (χ3v) is 3.53. The Hall–Kier alpha value is -1.39. The second kappa shape index (κ2) is 5.50. The Balaban J connectivity index is 1.65. The lowest BCUT2D eigenvalue weighted by Crippen LogP contribution is -2.28. The van der Waals surface area contributed by atoms with E-state index in [0.717, 1.165) is 51.2 Å². The van der Waals surface area contributed by atoms with Crippen LogP contribution in [0.25, 0.3) is 10.9 Å². The SMILES string of the molecule is c1ccc2c(CCN3CCCOCC3)[nH]nc2c1. The molecule has 3 rings (SSSR count). The summed E-state index contributed by atoms with van der Waals surface area (Å²) < 4.78 is 5.47. The number of hydrogen-bond acceptors (Lipinski definition) is 3. The van der Waals surface area contributed by atoms with Crippen LogP contribution >= 0.6 is 0 Å². The van der Waals surface area contributed by atoms with Crippen LogP contribution in [-0.2, 0) is 11.2 Å². The molecular formula is C14H19N3O. The highest BCUT2D eigenvalue weighted by molar-refractivity contribution is 5.81. The number of aromatic nitrogens is 2. The predicted octanol–water partition coefficient (Wildman–Crippen LogP) is 1.83. The van der Waals surface area contributed by atoms with E-state index in [1.807, 2.05) is 6.07 Å². The molecule has 1 N–H and O–H groups in total. The molecule has 1 fully saturated rings. The van der Waals surface area contributed by atoms with Gasteiger partial charge in [0.2, 0.25) is 0 Å². The molecule has 0 radical (unpaired) electrons. The third kappa shape index (κ3) is 2.54. The number of benzene rings is 1. The smallest absolute Gasteiger partial charge is 0.0923 e. The highest BCUT2D eigenvalue weighted by Crippen LogP contribution is 2.15. The molecule has 2 aromatic rings. The van der Waals surface area contributed by atoms with E-state index < -0.39 is 0 Å². The fourth-order valence-corrected chi connectivity index (χ4v) is 2.50. The minimum atomic E-state index is 0.865. The Morgan fingerprint density at radius 3 is 3.17 bits per heavy atom. The summed E-state index contributed by atoms with van der Waals surface area (Å²) in [4.78, 5) is 2.47. The third-order valence-electron chi connectivity index (χ3n) is 3.53. The first-order chi connectivity index (χ1) is 8.93. The lowest BCUT2D eigenvalue weighted by atomic mass is 10.1. The fourth-order valence-electron chi connectivity index (χ4n) is 2.50. The summed E-state index contributed by atoms with van der Waals surface area (Å²) in [5.41, 5.74) is 2.31. The maximum absolute atomic E-state index is 5.47. The van der Waals surface area contributed by atoms with Crippen molar-refractivity contribution in [2.24, 2.45) is 0 Å². The van der Waals surface area contributed by atoms with Gasteiger partial charge in [0, 0.05) is 43.7 Å². The summed E-state index contributed by atoms with van der Waals surface area (Å²) >= 11 is 0. The van der Waals surface area contributed by atoms with E-state index in [9.17, 15) is 0 Å². The van der Waals surface area contributed by atoms with Crippen molar-refractivity contribution in [3.63, 3.8) is 0 Å². The van der Waals surface area contributed by atoms with Crippen LogP contribution in [0.2, 0.25) is 0 Å². The molecule has 1 aliphatic heterocycles. The molecular weight excluding hydrogens is 226 g/mol. The fraction of sp³-hybridized carbons (Fsp3) is 0.500. The van der Waals surface area contributed by atoms with Crippen LogP contribution in [-0.4, -0.2) is 47.9 Å². The number of H-pyrrole nitrogens is 1. The number of ether oxygens (including phenoxy) is 1. The standard InChI is InChI=1S/C14H19N3O/c1-2-5-13-12(4-1)14(16-15-13)6-8-17-7-3-10-18-11-9-17/h1-2,4-5H,3,6-11H2,(H,15,16). The second-order valence-electron chi connectivity index (χ2n) is 4.78. The molecule has 4 heteroatoms. The Morgan fingerprint density at radius 1 is 1.22 bits per heavy atom. The second-order valence-corrected chi connectivity index (χ2v) is 4.78. The maximum atomic E-state index is 5.47. The highest BCUT2D eigenvalue weighted by atomic mass is 16.5. The van der Waals surface area contributed by atoms with Crippen LogP contribution in [0.4, 0.5) is 0 Å². The van der Waals surface area contributed by atoms with Crippen molar-refractivity contribution in [1.29, 1.82) is 0 Å². The van der Waals surface area contributed by atoms with Gasteiger partial charge in [0.05, 0.1) is 12.1 Å². The summed E-state index contributed by atoms with van der Waals surface area (Å²) in [5.74, 6) is 0. The minimum Gasteiger partial charge on any atom is -0.380 e. The molecule has 1 aliphatic rings. The molecule has 0 atom stereocenters. The van der Waals surface area contributed by atoms with Crippen molar-refractivity contribution < 1.29 is 4.74 Å². The number of aromatic amines is 1. The average Bonchev–Trinajstić information content (AvgIpc) is 2.64. The van der Waals surface area contributed by atoms with E-state index in [0.29, 0.717) is 0 Å². The van der Waals surface area contributed by atoms with Gasteiger partial charge in [-0.2, -0.15) is 5.10 Å². The largest absolute Gasteiger partial charge is 0.380 e. The van der Waals surface area contributed by atoms with Gasteiger partial charge in [0.25, 0.3) is 0 Å². The van der Waals surface area contributed by atoms with Crippen molar-refractivity contribution in [2.75, 3.05) is 32.8 Å². The van der Waals surface area contributed by atoms with Crippen molar-refractivity contribution in [1.82, 2.24) is 15.1 Å². The quantitative estimate of drug-likeness (QED) is 0.897. The molecule has 0 aliphatic carbocycles. The number of nitrogens with zero attached hydrogens (tertiary/aromatic N) is 2. The summed E-state index contributed by atoms with van der Waals surface area (Å²) in [6.45, 7) is 5.04. The summed E-state index contributed by atoms with van der Waals surface area (Å²) in [6, 6.07) is 8.29. The van der Waals surface area contributed by atoms with Gasteiger partial charge in [0.15, 0.2) is 0 Å². The predicted molar refractivity (Wildman–Crippen MR) is 71.7 cm³/mol. The van der Waals surface area contributed by atoms with Gasteiger partial charge >= 0.3 is 0 Å². The van der Waals surface area contributed by atoms with Crippen LogP contribution < -0.4 is 0 Å². The molecule has 96 valence electrons. The van der Waals surface area contributed by atoms with Crippen LogP contribution in [0.3, 0.4) is 0 Å².